The quantitative estimate of drug-likeness (QED) is 0.737. The van der Waals surface area contributed by atoms with Crippen LogP contribution in [0.25, 0.3) is 10.9 Å². The van der Waals surface area contributed by atoms with Crippen molar-refractivity contribution in [2.45, 2.75) is 13.5 Å². The Balaban J connectivity index is 1.86. The Kier molecular flexibility index (Phi) is 2.68. The van der Waals surface area contributed by atoms with Crippen LogP contribution in [0.5, 0.6) is 0 Å². The van der Waals surface area contributed by atoms with Gasteiger partial charge in [0, 0.05) is 30.0 Å². The number of aromatic amines is 1. The van der Waals surface area contributed by atoms with E-state index in [9.17, 15) is 0 Å². The maximum Gasteiger partial charge on any atom is 0.200 e. The molecule has 3 aromatic rings. The molecule has 0 radical (unpaired) electrons. The molecule has 0 amide bonds. The second kappa shape index (κ2) is 4.49. The minimum Gasteiger partial charge on any atom is -0.352 e. The van der Waals surface area contributed by atoms with Crippen molar-refractivity contribution in [3.05, 3.63) is 54.0 Å². The molecule has 0 bridgehead atoms. The summed E-state index contributed by atoms with van der Waals surface area (Å²) in [5.41, 5.74) is 3.26. The molecule has 1 aromatic carbocycles. The zero-order valence-electron chi connectivity index (χ0n) is 10.1. The van der Waals surface area contributed by atoms with Crippen molar-refractivity contribution < 1.29 is 0 Å². The molecule has 4 nitrogen and oxygen atoms in total. The number of nitrogens with zero attached hydrogens (tertiary/aromatic N) is 2. The molecular weight excluding hydrogens is 224 g/mol. The smallest absolute Gasteiger partial charge is 0.200 e. The fraction of sp³-hybridized carbons (Fsp3) is 0.143. The van der Waals surface area contributed by atoms with Gasteiger partial charge in [0.2, 0.25) is 5.95 Å². The molecule has 4 heteroatoms. The molecule has 0 saturated heterocycles. The van der Waals surface area contributed by atoms with Gasteiger partial charge in [-0.05, 0) is 18.6 Å². The Hall–Kier alpha value is -2.36. The highest BCUT2D eigenvalue weighted by atomic mass is 15.1. The first kappa shape index (κ1) is 10.8. The molecular formula is C14H14N4. The van der Waals surface area contributed by atoms with Crippen molar-refractivity contribution in [1.29, 1.82) is 0 Å². The normalized spacial score (nSPS) is 10.7. The van der Waals surface area contributed by atoms with Crippen molar-refractivity contribution in [2.24, 2.45) is 0 Å². The number of benzene rings is 1. The summed E-state index contributed by atoms with van der Waals surface area (Å²) >= 11 is 0. The minimum atomic E-state index is 0.710. The van der Waals surface area contributed by atoms with Gasteiger partial charge < -0.3 is 10.3 Å². The number of hydrogen-bond acceptors (Lipinski definition) is 3. The van der Waals surface area contributed by atoms with E-state index in [2.05, 4.69) is 44.5 Å². The highest BCUT2D eigenvalue weighted by Gasteiger charge is 2.02. The molecule has 0 aliphatic carbocycles. The fourth-order valence-electron chi connectivity index (χ4n) is 1.99. The summed E-state index contributed by atoms with van der Waals surface area (Å²) in [4.78, 5) is 11.8. The molecule has 0 spiro atoms. The van der Waals surface area contributed by atoms with Crippen molar-refractivity contribution in [1.82, 2.24) is 15.0 Å². The van der Waals surface area contributed by atoms with Crippen molar-refractivity contribution in [3.63, 3.8) is 0 Å². The van der Waals surface area contributed by atoms with Crippen LogP contribution < -0.4 is 5.32 Å². The first-order valence-corrected chi connectivity index (χ1v) is 5.91. The first-order chi connectivity index (χ1) is 8.83. The van der Waals surface area contributed by atoms with E-state index in [0.29, 0.717) is 6.54 Å². The predicted octanol–water partition coefficient (Wildman–Crippen LogP) is 2.88. The van der Waals surface area contributed by atoms with Gasteiger partial charge in [-0.15, -0.1) is 0 Å². The second-order valence-electron chi connectivity index (χ2n) is 4.26. The van der Waals surface area contributed by atoms with Gasteiger partial charge in [-0.1, -0.05) is 24.3 Å². The Labute approximate surface area is 105 Å². The number of nitrogens with one attached hydrogen (secondary N) is 2. The second-order valence-corrected chi connectivity index (χ2v) is 4.26. The molecule has 3 rings (SSSR count). The van der Waals surface area contributed by atoms with Gasteiger partial charge in [0.25, 0.3) is 0 Å². The zero-order valence-corrected chi connectivity index (χ0v) is 10.1. The van der Waals surface area contributed by atoms with Gasteiger partial charge in [-0.2, -0.15) is 0 Å². The third kappa shape index (κ3) is 2.05. The molecule has 0 fully saturated rings. The van der Waals surface area contributed by atoms with Gasteiger partial charge in [-0.3, -0.25) is 4.98 Å². The number of pyridine rings is 1. The molecule has 2 N–H and O–H groups in total. The van der Waals surface area contributed by atoms with Crippen LogP contribution in [0.1, 0.15) is 11.3 Å². The Morgan fingerprint density at radius 3 is 2.89 bits per heavy atom. The maximum atomic E-state index is 4.43. The van der Waals surface area contributed by atoms with Crippen LogP contribution in [0.2, 0.25) is 0 Å². The van der Waals surface area contributed by atoms with Crippen LogP contribution >= 0.6 is 0 Å². The summed E-state index contributed by atoms with van der Waals surface area (Å²) < 4.78 is 0. The van der Waals surface area contributed by atoms with E-state index in [-0.39, 0.29) is 0 Å². The summed E-state index contributed by atoms with van der Waals surface area (Å²) in [7, 11) is 0. The summed E-state index contributed by atoms with van der Waals surface area (Å²) in [6, 6.07) is 10.2. The molecule has 0 aliphatic rings. The third-order valence-electron chi connectivity index (χ3n) is 2.87. The topological polar surface area (TPSA) is 53.6 Å². The molecule has 0 aliphatic heterocycles. The van der Waals surface area contributed by atoms with Gasteiger partial charge in [0.05, 0.1) is 5.52 Å². The monoisotopic (exact) mass is 238 g/mol. The lowest BCUT2D eigenvalue weighted by Gasteiger charge is -2.06. The number of imidazole rings is 1. The van der Waals surface area contributed by atoms with E-state index in [1.54, 1.807) is 0 Å². The number of rotatable bonds is 3. The summed E-state index contributed by atoms with van der Waals surface area (Å²) in [6.07, 6.45) is 3.63. The Morgan fingerprint density at radius 1 is 1.17 bits per heavy atom. The zero-order chi connectivity index (χ0) is 12.4. The van der Waals surface area contributed by atoms with E-state index >= 15 is 0 Å². The Bertz CT molecular complexity index is 667. The van der Waals surface area contributed by atoms with E-state index in [4.69, 9.17) is 0 Å². The number of hydrogen-bond donors (Lipinski definition) is 2. The molecule has 18 heavy (non-hydrogen) atoms. The molecule has 0 atom stereocenters. The van der Waals surface area contributed by atoms with E-state index in [0.717, 1.165) is 22.5 Å². The third-order valence-corrected chi connectivity index (χ3v) is 2.87. The average molecular weight is 238 g/mol. The number of para-hydroxylation sites is 1. The molecule has 90 valence electrons. The van der Waals surface area contributed by atoms with E-state index in [1.165, 1.54) is 5.56 Å². The standard InChI is InChI=1S/C14H14N4/c1-10-8-16-14(18-10)17-9-12-5-2-4-11-6-3-7-15-13(11)12/h2-8H,9H2,1H3,(H2,16,17,18). The van der Waals surface area contributed by atoms with Gasteiger partial charge >= 0.3 is 0 Å². The average Bonchev–Trinajstić information content (AvgIpc) is 2.82. The van der Waals surface area contributed by atoms with Crippen molar-refractivity contribution in [2.75, 3.05) is 5.32 Å². The van der Waals surface area contributed by atoms with Crippen LogP contribution in [0.3, 0.4) is 0 Å². The summed E-state index contributed by atoms with van der Waals surface area (Å²) in [5, 5.41) is 4.43. The SMILES string of the molecule is Cc1cnc(NCc2cccc3cccnc23)[nH]1. The summed E-state index contributed by atoms with van der Waals surface area (Å²) in [5.74, 6) is 0.792. The van der Waals surface area contributed by atoms with Gasteiger partial charge in [0.15, 0.2) is 0 Å². The van der Waals surface area contributed by atoms with E-state index < -0.39 is 0 Å². The number of H-pyrrole nitrogens is 1. The van der Waals surface area contributed by atoms with Crippen molar-refractivity contribution in [3.8, 4) is 0 Å². The predicted molar refractivity (Wildman–Crippen MR) is 72.4 cm³/mol. The molecule has 0 saturated carbocycles. The largest absolute Gasteiger partial charge is 0.352 e. The lowest BCUT2D eigenvalue weighted by Crippen LogP contribution is -2.02. The minimum absolute atomic E-state index is 0.710. The summed E-state index contributed by atoms with van der Waals surface area (Å²) in [6.45, 7) is 2.69. The highest BCUT2D eigenvalue weighted by molar-refractivity contribution is 5.81. The molecule has 2 aromatic heterocycles. The van der Waals surface area contributed by atoms with Crippen LogP contribution in [-0.2, 0) is 6.54 Å². The molecule has 2 heterocycles. The van der Waals surface area contributed by atoms with Crippen molar-refractivity contribution >= 4 is 16.9 Å². The number of fused-ring (bicyclic) bond motifs is 1. The first-order valence-electron chi connectivity index (χ1n) is 5.91. The number of aryl methyl sites for hydroxylation is 1. The maximum absolute atomic E-state index is 4.43. The van der Waals surface area contributed by atoms with E-state index in [1.807, 2.05) is 25.4 Å². The fourth-order valence-corrected chi connectivity index (χ4v) is 1.99. The van der Waals surface area contributed by atoms with Gasteiger partial charge in [-0.25, -0.2) is 4.98 Å². The van der Waals surface area contributed by atoms with Gasteiger partial charge in [0.1, 0.15) is 0 Å². The lowest BCUT2D eigenvalue weighted by atomic mass is 10.1. The molecule has 0 unspecified atom stereocenters. The lowest BCUT2D eigenvalue weighted by molar-refractivity contribution is 1.09. The highest BCUT2D eigenvalue weighted by Crippen LogP contribution is 2.16. The van der Waals surface area contributed by atoms with Crippen LogP contribution in [0.4, 0.5) is 5.95 Å². The van der Waals surface area contributed by atoms with Crippen LogP contribution in [0.15, 0.2) is 42.7 Å². The number of aromatic nitrogens is 3. The number of anilines is 1. The van der Waals surface area contributed by atoms with Crippen LogP contribution in [0, 0.1) is 6.92 Å². The Morgan fingerprint density at radius 2 is 2.06 bits per heavy atom. The van der Waals surface area contributed by atoms with Crippen LogP contribution in [-0.4, -0.2) is 15.0 Å².